The van der Waals surface area contributed by atoms with Crippen LogP contribution in [0.5, 0.6) is 0 Å². The van der Waals surface area contributed by atoms with Crippen LogP contribution in [0.2, 0.25) is 5.82 Å². The molecule has 0 heterocycles. The summed E-state index contributed by atoms with van der Waals surface area (Å²) >= 11 is 0. The molecule has 0 aromatic heterocycles. The first kappa shape index (κ1) is 10.4. The minimum absolute atomic E-state index is 0.0670. The Morgan fingerprint density at radius 2 is 2.38 bits per heavy atom. The molecule has 70 valence electrons. The zero-order valence-electron chi connectivity index (χ0n) is 7.59. The van der Waals surface area contributed by atoms with Crippen LogP contribution in [0.1, 0.15) is 12.8 Å². The van der Waals surface area contributed by atoms with Gasteiger partial charge in [-0.15, -0.1) is 0 Å². The fraction of sp³-hybridized carbons (Fsp3) is 1.00. The standard InChI is InChI=1S/C7H12BN3O2/c1-12-4-13-7-3-5(8)2-6(7)10-11-9/h5-7H,2-4H2,1H3. The lowest BCUT2D eigenvalue weighted by molar-refractivity contribution is -0.0731. The SMILES string of the molecule is [B]C1CC(N=[N+]=[N-])C(OCOC)C1. The van der Waals surface area contributed by atoms with Crippen molar-refractivity contribution in [2.24, 2.45) is 5.11 Å². The van der Waals surface area contributed by atoms with E-state index in [1.54, 1.807) is 7.11 Å². The minimum atomic E-state index is -0.143. The van der Waals surface area contributed by atoms with Crippen molar-refractivity contribution >= 4 is 7.85 Å². The second-order valence-corrected chi connectivity index (χ2v) is 3.12. The monoisotopic (exact) mass is 181 g/mol. The van der Waals surface area contributed by atoms with Gasteiger partial charge in [-0.3, -0.25) is 0 Å². The zero-order chi connectivity index (χ0) is 9.68. The molecule has 1 rings (SSSR count). The molecule has 0 spiro atoms. The number of hydrogen-bond donors (Lipinski definition) is 0. The summed E-state index contributed by atoms with van der Waals surface area (Å²) < 4.78 is 10.1. The summed E-state index contributed by atoms with van der Waals surface area (Å²) in [6, 6.07) is -0.143. The van der Waals surface area contributed by atoms with Crippen LogP contribution in [0.15, 0.2) is 5.11 Å². The summed E-state index contributed by atoms with van der Waals surface area (Å²) in [6.07, 6.45) is 1.33. The molecule has 0 bridgehead atoms. The van der Waals surface area contributed by atoms with Crippen LogP contribution in [0.25, 0.3) is 10.4 Å². The fourth-order valence-electron chi connectivity index (χ4n) is 1.54. The molecule has 5 nitrogen and oxygen atoms in total. The van der Waals surface area contributed by atoms with Crippen LogP contribution in [-0.4, -0.2) is 33.9 Å². The van der Waals surface area contributed by atoms with Crippen molar-refractivity contribution in [2.75, 3.05) is 13.9 Å². The number of azide groups is 1. The maximum absolute atomic E-state index is 8.29. The Kier molecular flexibility index (Phi) is 4.08. The predicted molar refractivity (Wildman–Crippen MR) is 48.4 cm³/mol. The van der Waals surface area contributed by atoms with E-state index >= 15 is 0 Å². The van der Waals surface area contributed by atoms with Gasteiger partial charge in [0.05, 0.1) is 20.0 Å². The van der Waals surface area contributed by atoms with E-state index in [0.29, 0.717) is 6.42 Å². The van der Waals surface area contributed by atoms with E-state index in [0.717, 1.165) is 6.42 Å². The molecule has 6 heteroatoms. The highest BCUT2D eigenvalue weighted by Crippen LogP contribution is 2.32. The van der Waals surface area contributed by atoms with Crippen molar-refractivity contribution in [1.29, 1.82) is 0 Å². The number of methoxy groups -OCH3 is 1. The van der Waals surface area contributed by atoms with Gasteiger partial charge in [0, 0.05) is 12.0 Å². The summed E-state index contributed by atoms with van der Waals surface area (Å²) in [4.78, 5) is 2.76. The minimum Gasteiger partial charge on any atom is -0.359 e. The van der Waals surface area contributed by atoms with Gasteiger partial charge in [-0.25, -0.2) is 0 Å². The van der Waals surface area contributed by atoms with Gasteiger partial charge in [0.15, 0.2) is 0 Å². The van der Waals surface area contributed by atoms with Crippen LogP contribution in [0.3, 0.4) is 0 Å². The second kappa shape index (κ2) is 5.12. The van der Waals surface area contributed by atoms with E-state index < -0.39 is 0 Å². The molecule has 2 radical (unpaired) electrons. The van der Waals surface area contributed by atoms with Gasteiger partial charge in [0.1, 0.15) is 6.79 Å². The van der Waals surface area contributed by atoms with E-state index in [9.17, 15) is 0 Å². The van der Waals surface area contributed by atoms with Crippen LogP contribution >= 0.6 is 0 Å². The lowest BCUT2D eigenvalue weighted by atomic mass is 9.86. The van der Waals surface area contributed by atoms with Gasteiger partial charge in [-0.05, 0) is 18.4 Å². The van der Waals surface area contributed by atoms with Gasteiger partial charge >= 0.3 is 0 Å². The van der Waals surface area contributed by atoms with Crippen molar-refractivity contribution in [3.8, 4) is 0 Å². The number of ether oxygens (including phenoxy) is 2. The first-order valence-corrected chi connectivity index (χ1v) is 4.18. The second-order valence-electron chi connectivity index (χ2n) is 3.12. The molecule has 1 fully saturated rings. The molecule has 0 N–H and O–H groups in total. The topological polar surface area (TPSA) is 67.2 Å². The first-order valence-electron chi connectivity index (χ1n) is 4.18. The van der Waals surface area contributed by atoms with E-state index in [1.165, 1.54) is 0 Å². The lowest BCUT2D eigenvalue weighted by Crippen LogP contribution is -2.21. The number of nitrogens with zero attached hydrogens (tertiary/aromatic N) is 3. The highest BCUT2D eigenvalue weighted by atomic mass is 16.7. The first-order chi connectivity index (χ1) is 6.27. The van der Waals surface area contributed by atoms with Crippen LogP contribution in [0.4, 0.5) is 0 Å². The molecular weight excluding hydrogens is 169 g/mol. The largest absolute Gasteiger partial charge is 0.359 e. The average Bonchev–Trinajstić information content (AvgIpc) is 2.44. The summed E-state index contributed by atoms with van der Waals surface area (Å²) in [5.41, 5.74) is 8.29. The Hall–Kier alpha value is -0.705. The molecule has 0 aromatic carbocycles. The lowest BCUT2D eigenvalue weighted by Gasteiger charge is -2.14. The molecular formula is C7H12BN3O2. The number of hydrogen-bond acceptors (Lipinski definition) is 3. The Morgan fingerprint density at radius 3 is 3.00 bits per heavy atom. The van der Waals surface area contributed by atoms with Crippen molar-refractivity contribution in [3.63, 3.8) is 0 Å². The normalized spacial score (nSPS) is 32.8. The molecule has 0 aliphatic heterocycles. The molecule has 0 aromatic rings. The Labute approximate surface area is 78.4 Å². The average molecular weight is 181 g/mol. The maximum Gasteiger partial charge on any atom is 0.146 e. The third kappa shape index (κ3) is 2.92. The fourth-order valence-corrected chi connectivity index (χ4v) is 1.54. The number of rotatable bonds is 4. The van der Waals surface area contributed by atoms with Crippen LogP contribution in [-0.2, 0) is 9.47 Å². The van der Waals surface area contributed by atoms with Crippen molar-refractivity contribution in [3.05, 3.63) is 10.4 Å². The summed E-state index contributed by atoms with van der Waals surface area (Å²) in [7, 11) is 7.27. The van der Waals surface area contributed by atoms with E-state index in [2.05, 4.69) is 10.0 Å². The summed E-state index contributed by atoms with van der Waals surface area (Å²) in [5, 5.41) is 3.63. The van der Waals surface area contributed by atoms with E-state index in [4.69, 9.17) is 22.9 Å². The molecule has 0 saturated heterocycles. The van der Waals surface area contributed by atoms with Crippen molar-refractivity contribution < 1.29 is 9.47 Å². The van der Waals surface area contributed by atoms with E-state index in [1.807, 2.05) is 0 Å². The third-order valence-electron chi connectivity index (χ3n) is 2.11. The Morgan fingerprint density at radius 1 is 1.62 bits per heavy atom. The van der Waals surface area contributed by atoms with E-state index in [-0.39, 0.29) is 24.8 Å². The van der Waals surface area contributed by atoms with Gasteiger partial charge in [0.25, 0.3) is 0 Å². The van der Waals surface area contributed by atoms with Gasteiger partial charge in [-0.1, -0.05) is 10.9 Å². The van der Waals surface area contributed by atoms with Crippen LogP contribution < -0.4 is 0 Å². The van der Waals surface area contributed by atoms with Crippen LogP contribution in [0, 0.1) is 0 Å². The quantitative estimate of drug-likeness (QED) is 0.216. The molecule has 1 aliphatic rings. The molecule has 3 unspecified atom stereocenters. The molecule has 3 atom stereocenters. The van der Waals surface area contributed by atoms with Gasteiger partial charge in [0.2, 0.25) is 0 Å². The smallest absolute Gasteiger partial charge is 0.146 e. The highest BCUT2D eigenvalue weighted by Gasteiger charge is 2.31. The highest BCUT2D eigenvalue weighted by molar-refractivity contribution is 6.11. The molecule has 13 heavy (non-hydrogen) atoms. The Balaban J connectivity index is 2.45. The zero-order valence-corrected chi connectivity index (χ0v) is 7.59. The molecule has 1 saturated carbocycles. The summed E-state index contributed by atoms with van der Waals surface area (Å²) in [5.74, 6) is 0.0670. The van der Waals surface area contributed by atoms with Gasteiger partial charge in [-0.2, -0.15) is 0 Å². The maximum atomic E-state index is 8.29. The molecule has 1 aliphatic carbocycles. The Bertz CT molecular complexity index is 208. The van der Waals surface area contributed by atoms with Crippen molar-refractivity contribution in [2.45, 2.75) is 30.8 Å². The summed E-state index contributed by atoms with van der Waals surface area (Å²) in [6.45, 7) is 0.217. The van der Waals surface area contributed by atoms with Crippen molar-refractivity contribution in [1.82, 2.24) is 0 Å². The van der Waals surface area contributed by atoms with Gasteiger partial charge < -0.3 is 9.47 Å². The molecule has 0 amide bonds. The predicted octanol–water partition coefficient (Wildman–Crippen LogP) is 1.41. The third-order valence-corrected chi connectivity index (χ3v) is 2.11.